The highest BCUT2D eigenvalue weighted by Gasteiger charge is 2.07. The van der Waals surface area contributed by atoms with E-state index < -0.39 is 0 Å². The summed E-state index contributed by atoms with van der Waals surface area (Å²) in [7, 11) is 0. The Morgan fingerprint density at radius 3 is 2.64 bits per heavy atom. The minimum absolute atomic E-state index is 0.177. The molecular formula is C9H3BrCl2FN. The van der Waals surface area contributed by atoms with Gasteiger partial charge < -0.3 is 0 Å². The van der Waals surface area contributed by atoms with Crippen molar-refractivity contribution in [2.75, 3.05) is 0 Å². The van der Waals surface area contributed by atoms with Crippen LogP contribution in [0.3, 0.4) is 0 Å². The summed E-state index contributed by atoms with van der Waals surface area (Å²) in [6.45, 7) is 0. The van der Waals surface area contributed by atoms with Gasteiger partial charge in [-0.25, -0.2) is 9.37 Å². The first-order chi connectivity index (χ1) is 6.58. The van der Waals surface area contributed by atoms with Crippen molar-refractivity contribution in [1.29, 1.82) is 0 Å². The Kier molecular flexibility index (Phi) is 2.64. The number of aromatic nitrogens is 1. The Morgan fingerprint density at radius 2 is 1.93 bits per heavy atom. The number of hydrogen-bond acceptors (Lipinski definition) is 1. The van der Waals surface area contributed by atoms with Crippen molar-refractivity contribution < 1.29 is 4.39 Å². The highest BCUT2D eigenvalue weighted by Crippen LogP contribution is 2.28. The molecule has 0 radical (unpaired) electrons. The van der Waals surface area contributed by atoms with Crippen LogP contribution < -0.4 is 0 Å². The summed E-state index contributed by atoms with van der Waals surface area (Å²) >= 11 is 14.6. The molecule has 14 heavy (non-hydrogen) atoms. The number of fused-ring (bicyclic) bond motifs is 1. The molecular weight excluding hydrogens is 292 g/mol. The third kappa shape index (κ3) is 1.72. The molecule has 0 aliphatic rings. The van der Waals surface area contributed by atoms with E-state index in [4.69, 9.17) is 23.2 Å². The number of nitrogens with zero attached hydrogens (tertiary/aromatic N) is 1. The smallest absolute Gasteiger partial charge is 0.148 e. The van der Waals surface area contributed by atoms with E-state index in [0.717, 1.165) is 0 Å². The largest absolute Gasteiger partial charge is 0.234 e. The summed E-state index contributed by atoms with van der Waals surface area (Å²) in [4.78, 5) is 3.96. The van der Waals surface area contributed by atoms with Crippen LogP contribution in [0, 0.1) is 5.82 Å². The first-order valence-corrected chi connectivity index (χ1v) is 5.23. The van der Waals surface area contributed by atoms with Crippen molar-refractivity contribution in [3.05, 3.63) is 38.7 Å². The summed E-state index contributed by atoms with van der Waals surface area (Å²) in [5, 5.41) is 0.791. The molecule has 0 amide bonds. The molecule has 2 aromatic rings. The lowest BCUT2D eigenvalue weighted by atomic mass is 10.2. The second kappa shape index (κ2) is 3.65. The van der Waals surface area contributed by atoms with E-state index in [0.29, 0.717) is 15.4 Å². The van der Waals surface area contributed by atoms with Crippen LogP contribution in [-0.2, 0) is 0 Å². The standard InChI is InChI=1S/C9H3BrCl2FN/c10-4-1-7(13)5-3-6(11)9(12)14-8(5)2-4/h1-3H. The molecule has 0 spiro atoms. The summed E-state index contributed by atoms with van der Waals surface area (Å²) in [5.74, 6) is -0.375. The first kappa shape index (κ1) is 10.1. The summed E-state index contributed by atoms with van der Waals surface area (Å²) in [6, 6.07) is 4.50. The lowest BCUT2D eigenvalue weighted by Crippen LogP contribution is -1.85. The van der Waals surface area contributed by atoms with Crippen LogP contribution in [0.5, 0.6) is 0 Å². The van der Waals surface area contributed by atoms with E-state index in [-0.39, 0.29) is 16.0 Å². The zero-order chi connectivity index (χ0) is 10.3. The number of benzene rings is 1. The van der Waals surface area contributed by atoms with Gasteiger partial charge in [-0.1, -0.05) is 39.1 Å². The Balaban J connectivity index is 2.89. The molecule has 0 saturated heterocycles. The molecule has 0 N–H and O–H groups in total. The van der Waals surface area contributed by atoms with Gasteiger partial charge in [0.05, 0.1) is 10.5 Å². The van der Waals surface area contributed by atoms with Crippen LogP contribution >= 0.6 is 39.1 Å². The number of pyridine rings is 1. The molecule has 0 aliphatic heterocycles. The fraction of sp³-hybridized carbons (Fsp3) is 0. The maximum absolute atomic E-state index is 13.4. The Bertz CT molecular complexity index is 516. The van der Waals surface area contributed by atoms with Crippen LogP contribution in [0.2, 0.25) is 10.2 Å². The van der Waals surface area contributed by atoms with E-state index in [1.807, 2.05) is 0 Å². The van der Waals surface area contributed by atoms with Gasteiger partial charge in [0.15, 0.2) is 0 Å². The highest BCUT2D eigenvalue weighted by molar-refractivity contribution is 9.10. The minimum atomic E-state index is -0.375. The van der Waals surface area contributed by atoms with Crippen molar-refractivity contribution in [3.63, 3.8) is 0 Å². The van der Waals surface area contributed by atoms with Gasteiger partial charge in [0.2, 0.25) is 0 Å². The molecule has 0 fully saturated rings. The van der Waals surface area contributed by atoms with E-state index >= 15 is 0 Å². The lowest BCUT2D eigenvalue weighted by Gasteiger charge is -2.02. The molecule has 72 valence electrons. The topological polar surface area (TPSA) is 12.9 Å². The molecule has 1 nitrogen and oxygen atoms in total. The summed E-state index contributed by atoms with van der Waals surface area (Å²) in [5.41, 5.74) is 0.478. The van der Waals surface area contributed by atoms with E-state index in [1.165, 1.54) is 12.1 Å². The third-order valence-electron chi connectivity index (χ3n) is 1.76. The van der Waals surface area contributed by atoms with Crippen LogP contribution in [0.15, 0.2) is 22.7 Å². The van der Waals surface area contributed by atoms with Crippen LogP contribution in [0.25, 0.3) is 10.9 Å². The Labute approximate surface area is 98.0 Å². The van der Waals surface area contributed by atoms with Gasteiger partial charge in [0.25, 0.3) is 0 Å². The molecule has 0 atom stereocenters. The van der Waals surface area contributed by atoms with Crippen LogP contribution in [-0.4, -0.2) is 4.98 Å². The van der Waals surface area contributed by atoms with Gasteiger partial charge in [-0.3, -0.25) is 0 Å². The van der Waals surface area contributed by atoms with Crippen molar-refractivity contribution >= 4 is 50.0 Å². The zero-order valence-electron chi connectivity index (χ0n) is 6.69. The Hall–Kier alpha value is -0.380. The van der Waals surface area contributed by atoms with Crippen LogP contribution in [0.1, 0.15) is 0 Å². The van der Waals surface area contributed by atoms with Gasteiger partial charge in [0.1, 0.15) is 11.0 Å². The van der Waals surface area contributed by atoms with Crippen molar-refractivity contribution in [2.45, 2.75) is 0 Å². The molecule has 0 unspecified atom stereocenters. The van der Waals surface area contributed by atoms with Gasteiger partial charge in [-0.15, -0.1) is 0 Å². The Morgan fingerprint density at radius 1 is 1.21 bits per heavy atom. The fourth-order valence-corrected chi connectivity index (χ4v) is 1.87. The summed E-state index contributed by atoms with van der Waals surface area (Å²) in [6.07, 6.45) is 0. The average Bonchev–Trinajstić information content (AvgIpc) is 2.08. The van der Waals surface area contributed by atoms with E-state index in [9.17, 15) is 4.39 Å². The maximum Gasteiger partial charge on any atom is 0.148 e. The maximum atomic E-state index is 13.4. The quantitative estimate of drug-likeness (QED) is 0.655. The number of hydrogen-bond donors (Lipinski definition) is 0. The normalized spacial score (nSPS) is 10.9. The van der Waals surface area contributed by atoms with Gasteiger partial charge in [0, 0.05) is 9.86 Å². The van der Waals surface area contributed by atoms with E-state index in [1.54, 1.807) is 6.07 Å². The predicted octanol–water partition coefficient (Wildman–Crippen LogP) is 4.44. The molecule has 1 aromatic carbocycles. The molecule has 0 aliphatic carbocycles. The highest BCUT2D eigenvalue weighted by atomic mass is 79.9. The number of rotatable bonds is 0. The SMILES string of the molecule is Fc1cc(Br)cc2nc(Cl)c(Cl)cc12. The van der Waals surface area contributed by atoms with Gasteiger partial charge in [-0.05, 0) is 18.2 Å². The van der Waals surface area contributed by atoms with Gasteiger partial charge >= 0.3 is 0 Å². The molecule has 1 aromatic heterocycles. The van der Waals surface area contributed by atoms with Crippen molar-refractivity contribution in [3.8, 4) is 0 Å². The van der Waals surface area contributed by atoms with Crippen molar-refractivity contribution in [2.24, 2.45) is 0 Å². The second-order valence-corrected chi connectivity index (χ2v) is 4.40. The van der Waals surface area contributed by atoms with Crippen molar-refractivity contribution in [1.82, 2.24) is 4.98 Å². The lowest BCUT2D eigenvalue weighted by molar-refractivity contribution is 0.639. The third-order valence-corrected chi connectivity index (χ3v) is 2.89. The fourth-order valence-electron chi connectivity index (χ4n) is 1.15. The monoisotopic (exact) mass is 293 g/mol. The summed E-state index contributed by atoms with van der Waals surface area (Å²) < 4.78 is 14.0. The zero-order valence-corrected chi connectivity index (χ0v) is 9.79. The van der Waals surface area contributed by atoms with Gasteiger partial charge in [-0.2, -0.15) is 0 Å². The second-order valence-electron chi connectivity index (χ2n) is 2.72. The molecule has 1 heterocycles. The molecule has 5 heteroatoms. The van der Waals surface area contributed by atoms with Crippen LogP contribution in [0.4, 0.5) is 4.39 Å². The predicted molar refractivity (Wildman–Crippen MR) is 59.4 cm³/mol. The number of halogens is 4. The first-order valence-electron chi connectivity index (χ1n) is 3.69. The average molecular weight is 295 g/mol. The molecule has 0 bridgehead atoms. The molecule has 2 rings (SSSR count). The minimum Gasteiger partial charge on any atom is -0.234 e. The van der Waals surface area contributed by atoms with E-state index in [2.05, 4.69) is 20.9 Å². The molecule has 0 saturated carbocycles.